The summed E-state index contributed by atoms with van der Waals surface area (Å²) in [6, 6.07) is 3.32. The molecule has 5 unspecified atom stereocenters. The Labute approximate surface area is 224 Å². The number of allylic oxidation sites excluding steroid dienone is 2. The van der Waals surface area contributed by atoms with Crippen molar-refractivity contribution in [1.29, 1.82) is 0 Å². The minimum absolute atomic E-state index is 0.195. The van der Waals surface area contributed by atoms with Gasteiger partial charge in [0.25, 0.3) is 5.91 Å². The molecule has 2 amide bonds. The molecule has 1 aliphatic heterocycles. The lowest BCUT2D eigenvalue weighted by atomic mass is 9.96. The molecule has 0 saturated carbocycles. The van der Waals surface area contributed by atoms with E-state index in [9.17, 15) is 19.8 Å². The van der Waals surface area contributed by atoms with E-state index in [1.807, 2.05) is 13.0 Å². The van der Waals surface area contributed by atoms with Gasteiger partial charge in [0, 0.05) is 32.5 Å². The average molecular weight is 533 g/mol. The quantitative estimate of drug-likeness (QED) is 0.338. The molecule has 0 saturated heterocycles. The van der Waals surface area contributed by atoms with Crippen LogP contribution in [-0.2, 0) is 23.7 Å². The maximum absolute atomic E-state index is 12.8. The van der Waals surface area contributed by atoms with Crippen LogP contribution >= 0.6 is 0 Å². The number of anilines is 1. The minimum Gasteiger partial charge on any atom is -0.505 e. The summed E-state index contributed by atoms with van der Waals surface area (Å²) < 4.78 is 22.3. The molecule has 5 N–H and O–H groups in total. The number of benzene rings is 1. The zero-order valence-electron chi connectivity index (χ0n) is 22.9. The van der Waals surface area contributed by atoms with Crippen LogP contribution in [0.2, 0.25) is 0 Å². The Bertz CT molecular complexity index is 1070. The van der Waals surface area contributed by atoms with Crippen molar-refractivity contribution >= 4 is 17.7 Å². The van der Waals surface area contributed by atoms with Gasteiger partial charge in [0.2, 0.25) is 0 Å². The molecule has 0 aromatic heterocycles. The molecule has 1 aromatic rings. The first-order valence-corrected chi connectivity index (χ1v) is 12.4. The van der Waals surface area contributed by atoms with Gasteiger partial charge in [0.15, 0.2) is 6.10 Å². The van der Waals surface area contributed by atoms with Gasteiger partial charge in [-0.3, -0.25) is 4.79 Å². The summed E-state index contributed by atoms with van der Waals surface area (Å²) in [7, 11) is 4.60. The second kappa shape index (κ2) is 14.7. The lowest BCUT2D eigenvalue weighted by Gasteiger charge is -2.27. The molecule has 0 aliphatic carbocycles. The standard InChI is InChI=1S/C28H40N2O8/c1-16-14-19-21(31)11-13-23(36-5)22(35-4)12-10-17(2)26(38-28(29)34)24(37-6)9-7-8-18(3)27(33)30-20(15-16)25(19)32/h7-10,14-15,21-24,26,31-32H,11-13H2,1-6H3,(H2,29,34)(H,30,33)/b9-7-,17-10+,18-8+. The summed E-state index contributed by atoms with van der Waals surface area (Å²) in [4.78, 5) is 24.5. The van der Waals surface area contributed by atoms with Crippen molar-refractivity contribution in [3.8, 4) is 5.75 Å². The number of nitrogens with two attached hydrogens (primary N) is 1. The van der Waals surface area contributed by atoms with Crippen LogP contribution in [0.5, 0.6) is 5.75 Å². The van der Waals surface area contributed by atoms with Crippen molar-refractivity contribution in [1.82, 2.24) is 0 Å². The number of carbonyl (C=O) groups excluding carboxylic acids is 2. The lowest BCUT2D eigenvalue weighted by Crippen LogP contribution is -2.35. The topological polar surface area (TPSA) is 150 Å². The molecule has 2 rings (SSSR count). The first-order valence-electron chi connectivity index (χ1n) is 12.4. The number of amides is 2. The molecule has 10 heteroatoms. The van der Waals surface area contributed by atoms with E-state index in [2.05, 4.69) is 5.32 Å². The fraction of sp³-hybridized carbons (Fsp3) is 0.500. The van der Waals surface area contributed by atoms with E-state index in [1.54, 1.807) is 58.4 Å². The summed E-state index contributed by atoms with van der Waals surface area (Å²) in [5, 5.41) is 24.5. The van der Waals surface area contributed by atoms with Crippen LogP contribution in [0.15, 0.2) is 47.6 Å². The Kier molecular flexibility index (Phi) is 12.0. The van der Waals surface area contributed by atoms with Crippen molar-refractivity contribution < 1.29 is 38.7 Å². The number of nitrogens with one attached hydrogen (secondary N) is 1. The molecule has 1 aliphatic rings. The molecule has 38 heavy (non-hydrogen) atoms. The number of aromatic hydroxyl groups is 1. The van der Waals surface area contributed by atoms with Gasteiger partial charge < -0.3 is 40.2 Å². The molecule has 5 atom stereocenters. The number of phenolic OH excluding ortho intramolecular Hbond substituents is 1. The maximum atomic E-state index is 12.8. The van der Waals surface area contributed by atoms with Crippen LogP contribution in [-0.4, -0.2) is 68.0 Å². The highest BCUT2D eigenvalue weighted by Gasteiger charge is 2.27. The van der Waals surface area contributed by atoms with Crippen molar-refractivity contribution in [2.24, 2.45) is 5.73 Å². The zero-order valence-corrected chi connectivity index (χ0v) is 22.9. The van der Waals surface area contributed by atoms with E-state index in [0.29, 0.717) is 29.6 Å². The van der Waals surface area contributed by atoms with Gasteiger partial charge in [-0.15, -0.1) is 0 Å². The second-order valence-electron chi connectivity index (χ2n) is 9.32. The molecule has 0 fully saturated rings. The first-order chi connectivity index (χ1) is 18.0. The van der Waals surface area contributed by atoms with Gasteiger partial charge in [-0.25, -0.2) is 4.79 Å². The number of primary amides is 1. The Morgan fingerprint density at radius 3 is 2.34 bits per heavy atom. The Balaban J connectivity index is 2.56. The molecule has 10 nitrogen and oxygen atoms in total. The number of aliphatic hydroxyl groups excluding tert-OH is 1. The van der Waals surface area contributed by atoms with Gasteiger partial charge >= 0.3 is 6.09 Å². The minimum atomic E-state index is -1.00. The van der Waals surface area contributed by atoms with Gasteiger partial charge in [0.1, 0.15) is 11.9 Å². The predicted molar refractivity (Wildman–Crippen MR) is 144 cm³/mol. The number of phenols is 1. The molecule has 0 radical (unpaired) electrons. The number of carbonyl (C=O) groups is 2. The first kappa shape index (κ1) is 31.0. The molecule has 1 aromatic carbocycles. The fourth-order valence-corrected chi connectivity index (χ4v) is 4.36. The van der Waals surface area contributed by atoms with Gasteiger partial charge in [-0.05, 0) is 63.3 Å². The highest BCUT2D eigenvalue weighted by molar-refractivity contribution is 6.04. The van der Waals surface area contributed by atoms with Crippen LogP contribution in [0.1, 0.15) is 50.3 Å². The van der Waals surface area contributed by atoms with Crippen molar-refractivity contribution in [3.63, 3.8) is 0 Å². The molecule has 2 bridgehead atoms. The highest BCUT2D eigenvalue weighted by atomic mass is 16.6. The molecular formula is C28H40N2O8. The number of rotatable bonds is 4. The second-order valence-corrected chi connectivity index (χ2v) is 9.32. The van der Waals surface area contributed by atoms with Crippen molar-refractivity contribution in [2.75, 3.05) is 26.6 Å². The van der Waals surface area contributed by atoms with E-state index in [1.165, 1.54) is 7.11 Å². The van der Waals surface area contributed by atoms with Crippen LogP contribution in [0.3, 0.4) is 0 Å². The molecule has 210 valence electrons. The normalized spacial score (nSPS) is 29.3. The number of hydrogen-bond acceptors (Lipinski definition) is 8. The van der Waals surface area contributed by atoms with Crippen molar-refractivity contribution in [3.05, 3.63) is 58.7 Å². The average Bonchev–Trinajstić information content (AvgIpc) is 2.88. The molecule has 0 spiro atoms. The third-order valence-corrected chi connectivity index (χ3v) is 6.58. The third kappa shape index (κ3) is 8.42. The van der Waals surface area contributed by atoms with Crippen LogP contribution in [0.25, 0.3) is 0 Å². The number of aliphatic hydroxyl groups is 1. The number of fused-ring (bicyclic) bond motifs is 2. The summed E-state index contributed by atoms with van der Waals surface area (Å²) in [6.07, 6.45) is 3.60. The largest absolute Gasteiger partial charge is 0.505 e. The summed E-state index contributed by atoms with van der Waals surface area (Å²) in [6.45, 7) is 5.22. The zero-order chi connectivity index (χ0) is 28.4. The van der Waals surface area contributed by atoms with Crippen LogP contribution in [0, 0.1) is 6.92 Å². The maximum Gasteiger partial charge on any atom is 0.405 e. The Hall–Kier alpha value is -3.18. The van der Waals surface area contributed by atoms with Gasteiger partial charge in [0.05, 0.1) is 24.0 Å². The van der Waals surface area contributed by atoms with Gasteiger partial charge in [-0.2, -0.15) is 0 Å². The number of ether oxygens (including phenoxy) is 4. The SMILES string of the molecule is COC1/C=C\C=C(/C)C(=O)Nc2cc(C)cc(c2O)C(O)CCC(OC)C(OC)C/C=C(\C)C1OC(N)=O. The summed E-state index contributed by atoms with van der Waals surface area (Å²) >= 11 is 0. The lowest BCUT2D eigenvalue weighted by molar-refractivity contribution is -0.112. The number of methoxy groups -OCH3 is 3. The number of aryl methyl sites for hydroxylation is 1. The fourth-order valence-electron chi connectivity index (χ4n) is 4.36. The molecule has 1 heterocycles. The van der Waals surface area contributed by atoms with E-state index < -0.39 is 30.3 Å². The monoisotopic (exact) mass is 532 g/mol. The third-order valence-electron chi connectivity index (χ3n) is 6.58. The smallest absolute Gasteiger partial charge is 0.405 e. The summed E-state index contributed by atoms with van der Waals surface area (Å²) in [5.41, 5.74) is 7.64. The van der Waals surface area contributed by atoms with Gasteiger partial charge in [-0.1, -0.05) is 24.3 Å². The van der Waals surface area contributed by atoms with E-state index in [4.69, 9.17) is 24.7 Å². The van der Waals surface area contributed by atoms with E-state index >= 15 is 0 Å². The highest BCUT2D eigenvalue weighted by Crippen LogP contribution is 2.36. The van der Waals surface area contributed by atoms with Crippen LogP contribution < -0.4 is 11.1 Å². The van der Waals surface area contributed by atoms with Crippen molar-refractivity contribution in [2.45, 2.75) is 70.6 Å². The predicted octanol–water partition coefficient (Wildman–Crippen LogP) is 3.81. The summed E-state index contributed by atoms with van der Waals surface area (Å²) in [5.74, 6) is -0.634. The Morgan fingerprint density at radius 1 is 1.05 bits per heavy atom. The Morgan fingerprint density at radius 2 is 1.74 bits per heavy atom. The number of hydrogen-bond donors (Lipinski definition) is 4. The van der Waals surface area contributed by atoms with E-state index in [-0.39, 0.29) is 30.1 Å². The van der Waals surface area contributed by atoms with E-state index in [0.717, 1.165) is 5.56 Å². The molecular weight excluding hydrogens is 492 g/mol. The van der Waals surface area contributed by atoms with Crippen LogP contribution in [0.4, 0.5) is 10.5 Å².